The third-order valence-corrected chi connectivity index (χ3v) is 9.49. The Hall–Kier alpha value is -9.13. The van der Waals surface area contributed by atoms with E-state index in [4.69, 9.17) is 28.4 Å². The number of rotatable bonds is 19. The second-order valence-corrected chi connectivity index (χ2v) is 14.5. The number of ether oxygens (including phenoxy) is 6. The van der Waals surface area contributed by atoms with Gasteiger partial charge in [-0.15, -0.1) is 0 Å². The molecule has 0 saturated carbocycles. The number of benzene rings is 6. The van der Waals surface area contributed by atoms with Crippen LogP contribution in [0.2, 0.25) is 0 Å². The van der Waals surface area contributed by atoms with E-state index >= 15 is 0 Å². The molecule has 0 aliphatic carbocycles. The van der Waals surface area contributed by atoms with E-state index in [9.17, 15) is 24.0 Å². The second kappa shape index (κ2) is 25.4. The molecule has 6 aromatic carbocycles. The molecule has 6 aromatic rings. The largest absolute Gasteiger partial charge is 0.493 e. The lowest BCUT2D eigenvalue weighted by Gasteiger charge is -2.13. The molecule has 0 bridgehead atoms. The molecular formula is C56H45NO11. The minimum atomic E-state index is -0.754. The van der Waals surface area contributed by atoms with Gasteiger partial charge in [-0.3, -0.25) is 4.79 Å². The zero-order valence-electron chi connectivity index (χ0n) is 36.9. The van der Waals surface area contributed by atoms with Crippen molar-refractivity contribution < 1.29 is 52.4 Å². The lowest BCUT2D eigenvalue weighted by atomic mass is 10.1. The van der Waals surface area contributed by atoms with Crippen molar-refractivity contribution in [2.24, 2.45) is 0 Å². The number of esters is 4. The molecule has 12 heteroatoms. The van der Waals surface area contributed by atoms with Crippen molar-refractivity contribution in [3.63, 3.8) is 0 Å². The van der Waals surface area contributed by atoms with Crippen LogP contribution in [0.3, 0.4) is 0 Å². The fourth-order valence-electron chi connectivity index (χ4n) is 5.93. The van der Waals surface area contributed by atoms with Crippen molar-refractivity contribution in [3.8, 4) is 46.7 Å². The zero-order chi connectivity index (χ0) is 47.9. The lowest BCUT2D eigenvalue weighted by molar-refractivity contribution is -0.138. The van der Waals surface area contributed by atoms with Crippen molar-refractivity contribution in [2.75, 3.05) is 26.4 Å². The summed E-state index contributed by atoms with van der Waals surface area (Å²) in [5.41, 5.74) is 4.52. The van der Waals surface area contributed by atoms with Crippen LogP contribution in [-0.4, -0.2) is 56.2 Å². The molecule has 0 unspecified atom stereocenters. The molecule has 12 nitrogen and oxygen atoms in total. The number of hydrogen-bond acceptors (Lipinski definition) is 11. The molecule has 340 valence electrons. The van der Waals surface area contributed by atoms with Crippen LogP contribution in [0.1, 0.15) is 71.7 Å². The van der Waals surface area contributed by atoms with Crippen LogP contribution in [0.25, 0.3) is 0 Å². The SMILES string of the molecule is C=CC(=O)OCCCOc1ccc(C(=O)Oc2ccc(OC(=O)c3ccc(OCCCOC(=O)C=C)cc3)c(C(=O)NCc3ccc(C#Cc4ccc(C#Cc5ccccc5)cc4)cc3)c2)cc1. The van der Waals surface area contributed by atoms with Crippen molar-refractivity contribution in [1.29, 1.82) is 0 Å². The van der Waals surface area contributed by atoms with Gasteiger partial charge in [-0.2, -0.15) is 0 Å². The lowest BCUT2D eigenvalue weighted by Crippen LogP contribution is -2.24. The summed E-state index contributed by atoms with van der Waals surface area (Å²) in [4.78, 5) is 62.8. The van der Waals surface area contributed by atoms with Gasteiger partial charge in [0.25, 0.3) is 5.91 Å². The van der Waals surface area contributed by atoms with E-state index in [0.29, 0.717) is 24.3 Å². The summed E-state index contributed by atoms with van der Waals surface area (Å²) in [6.45, 7) is 7.69. The van der Waals surface area contributed by atoms with Gasteiger partial charge >= 0.3 is 23.9 Å². The third kappa shape index (κ3) is 15.5. The molecule has 0 radical (unpaired) electrons. The van der Waals surface area contributed by atoms with Crippen LogP contribution in [0, 0.1) is 23.7 Å². The van der Waals surface area contributed by atoms with E-state index in [1.165, 1.54) is 42.5 Å². The maximum atomic E-state index is 13.8. The summed E-state index contributed by atoms with van der Waals surface area (Å²) in [6, 6.07) is 41.4. The van der Waals surface area contributed by atoms with E-state index in [2.05, 4.69) is 42.2 Å². The molecule has 0 atom stereocenters. The Morgan fingerprint density at radius 2 is 0.926 bits per heavy atom. The van der Waals surface area contributed by atoms with Crippen LogP contribution >= 0.6 is 0 Å². The second-order valence-electron chi connectivity index (χ2n) is 14.5. The summed E-state index contributed by atoms with van der Waals surface area (Å²) in [7, 11) is 0. The van der Waals surface area contributed by atoms with Gasteiger partial charge < -0.3 is 33.7 Å². The quantitative estimate of drug-likeness (QED) is 0.0273. The number of carbonyl (C=O) groups excluding carboxylic acids is 5. The Kier molecular flexibility index (Phi) is 18.0. The number of amides is 1. The first-order valence-electron chi connectivity index (χ1n) is 21.3. The molecule has 0 fully saturated rings. The van der Waals surface area contributed by atoms with Crippen LogP contribution in [0.5, 0.6) is 23.0 Å². The van der Waals surface area contributed by atoms with Crippen LogP contribution in [0.15, 0.2) is 171 Å². The highest BCUT2D eigenvalue weighted by atomic mass is 16.5. The molecular weight excluding hydrogens is 863 g/mol. The van der Waals surface area contributed by atoms with E-state index in [0.717, 1.165) is 40.0 Å². The first-order chi connectivity index (χ1) is 33.1. The van der Waals surface area contributed by atoms with Gasteiger partial charge in [0, 0.05) is 53.8 Å². The van der Waals surface area contributed by atoms with Gasteiger partial charge in [0.05, 0.1) is 43.1 Å². The number of carbonyl (C=O) groups is 5. The van der Waals surface area contributed by atoms with Crippen molar-refractivity contribution >= 4 is 29.8 Å². The predicted molar refractivity (Wildman–Crippen MR) is 254 cm³/mol. The molecule has 1 N–H and O–H groups in total. The van der Waals surface area contributed by atoms with Gasteiger partial charge in [0.2, 0.25) is 0 Å². The van der Waals surface area contributed by atoms with Crippen molar-refractivity contribution in [1.82, 2.24) is 5.32 Å². The molecule has 68 heavy (non-hydrogen) atoms. The van der Waals surface area contributed by atoms with E-state index in [1.54, 1.807) is 24.3 Å². The maximum Gasteiger partial charge on any atom is 0.343 e. The summed E-state index contributed by atoms with van der Waals surface area (Å²) in [6.07, 6.45) is 3.07. The summed E-state index contributed by atoms with van der Waals surface area (Å²) < 4.78 is 32.6. The summed E-state index contributed by atoms with van der Waals surface area (Å²) in [5, 5.41) is 2.86. The average molecular weight is 908 g/mol. The van der Waals surface area contributed by atoms with E-state index in [-0.39, 0.29) is 61.2 Å². The van der Waals surface area contributed by atoms with Gasteiger partial charge in [-0.05, 0) is 121 Å². The minimum Gasteiger partial charge on any atom is -0.493 e. The van der Waals surface area contributed by atoms with E-state index in [1.807, 2.05) is 78.9 Å². The Labute approximate surface area is 394 Å². The van der Waals surface area contributed by atoms with Crippen molar-refractivity contribution in [3.05, 3.63) is 215 Å². The highest BCUT2D eigenvalue weighted by Crippen LogP contribution is 2.27. The molecule has 0 aromatic heterocycles. The fraction of sp³-hybridized carbons (Fsp3) is 0.125. The van der Waals surface area contributed by atoms with Crippen LogP contribution in [-0.2, 0) is 25.6 Å². The van der Waals surface area contributed by atoms with Gasteiger partial charge in [0.1, 0.15) is 23.0 Å². The Morgan fingerprint density at radius 1 is 0.485 bits per heavy atom. The molecule has 0 spiro atoms. The molecule has 0 aliphatic rings. The Bertz CT molecular complexity index is 2850. The molecule has 6 rings (SSSR count). The summed E-state index contributed by atoms with van der Waals surface area (Å²) >= 11 is 0. The molecule has 0 saturated heterocycles. The fourth-order valence-corrected chi connectivity index (χ4v) is 5.93. The highest BCUT2D eigenvalue weighted by Gasteiger charge is 2.20. The standard InChI is InChI=1S/C56H45NO11/c1-3-52(58)65-36-8-34-63-47-28-24-45(25-29-47)55(61)67-49-32-33-51(68-56(62)46-26-30-48(31-27-46)64-35-9-37-66-53(59)4-2)50(38-49)54(60)57-39-44-22-20-43(21-23-44)19-18-42-16-14-41(15-17-42)13-12-40-10-6-5-7-11-40/h3-7,10-11,14-17,20-33,38H,1-2,8-9,34-37,39H2,(H,57,60). The molecule has 1 amide bonds. The minimum absolute atomic E-state index is 0.0211. The van der Waals surface area contributed by atoms with E-state index < -0.39 is 29.8 Å². The highest BCUT2D eigenvalue weighted by molar-refractivity contribution is 6.00. The smallest absolute Gasteiger partial charge is 0.343 e. The maximum absolute atomic E-state index is 13.8. The van der Waals surface area contributed by atoms with Crippen molar-refractivity contribution in [2.45, 2.75) is 19.4 Å². The summed E-state index contributed by atoms with van der Waals surface area (Å²) in [5.74, 6) is 10.4. The van der Waals surface area contributed by atoms with Gasteiger partial charge in [-0.25, -0.2) is 19.2 Å². The molecule has 0 heterocycles. The normalized spacial score (nSPS) is 10.1. The van der Waals surface area contributed by atoms with Gasteiger partial charge in [0.15, 0.2) is 0 Å². The third-order valence-electron chi connectivity index (χ3n) is 9.49. The number of hydrogen-bond donors (Lipinski definition) is 1. The van der Waals surface area contributed by atoms with Crippen LogP contribution in [0.4, 0.5) is 0 Å². The Balaban J connectivity index is 1.09. The Morgan fingerprint density at radius 3 is 1.41 bits per heavy atom. The predicted octanol–water partition coefficient (Wildman–Crippen LogP) is 8.85. The topological polar surface area (TPSA) is 153 Å². The monoisotopic (exact) mass is 907 g/mol. The first kappa shape index (κ1) is 48.3. The average Bonchev–Trinajstić information content (AvgIpc) is 3.38. The van der Waals surface area contributed by atoms with Crippen LogP contribution < -0.4 is 24.3 Å². The number of nitrogens with one attached hydrogen (secondary N) is 1. The van der Waals surface area contributed by atoms with Gasteiger partial charge in [-0.1, -0.05) is 67.2 Å². The first-order valence-corrected chi connectivity index (χ1v) is 21.3. The zero-order valence-corrected chi connectivity index (χ0v) is 36.9. The molecule has 0 aliphatic heterocycles.